The lowest BCUT2D eigenvalue weighted by molar-refractivity contribution is -0.137. The van der Waals surface area contributed by atoms with Crippen molar-refractivity contribution in [1.29, 1.82) is 0 Å². The summed E-state index contributed by atoms with van der Waals surface area (Å²) in [6, 6.07) is 14.1. The van der Waals surface area contributed by atoms with E-state index in [-0.39, 0.29) is 5.97 Å². The summed E-state index contributed by atoms with van der Waals surface area (Å²) in [5, 5.41) is 0. The van der Waals surface area contributed by atoms with Crippen LogP contribution >= 0.6 is 0 Å². The van der Waals surface area contributed by atoms with Crippen molar-refractivity contribution >= 4 is 12.0 Å². The maximum absolute atomic E-state index is 11.6. The van der Waals surface area contributed by atoms with Gasteiger partial charge < -0.3 is 9.47 Å². The van der Waals surface area contributed by atoms with Crippen LogP contribution in [0.25, 0.3) is 17.2 Å². The molecule has 0 aromatic heterocycles. The van der Waals surface area contributed by atoms with E-state index >= 15 is 0 Å². The fourth-order valence-electron chi connectivity index (χ4n) is 2.37. The van der Waals surface area contributed by atoms with Gasteiger partial charge in [-0.25, -0.2) is 4.79 Å². The summed E-state index contributed by atoms with van der Waals surface area (Å²) < 4.78 is 10.4. The van der Waals surface area contributed by atoms with E-state index in [0.717, 1.165) is 40.8 Å². The van der Waals surface area contributed by atoms with E-state index in [1.807, 2.05) is 37.3 Å². The third kappa shape index (κ3) is 4.98. The van der Waals surface area contributed by atoms with Crippen molar-refractivity contribution in [2.75, 3.05) is 13.7 Å². The van der Waals surface area contributed by atoms with Crippen LogP contribution in [0.1, 0.15) is 30.9 Å². The Bertz CT molecular complexity index is 717. The zero-order chi connectivity index (χ0) is 17.4. The average molecular weight is 324 g/mol. The van der Waals surface area contributed by atoms with Crippen molar-refractivity contribution in [3.63, 3.8) is 0 Å². The van der Waals surface area contributed by atoms with Crippen LogP contribution in [0, 0.1) is 6.92 Å². The van der Waals surface area contributed by atoms with E-state index in [1.54, 1.807) is 13.2 Å². The van der Waals surface area contributed by atoms with E-state index in [4.69, 9.17) is 9.47 Å². The molecule has 0 aliphatic rings. The summed E-state index contributed by atoms with van der Waals surface area (Å²) in [7, 11) is 1.66. The van der Waals surface area contributed by atoms with Crippen LogP contribution in [0.15, 0.2) is 48.5 Å². The molecule has 0 aliphatic heterocycles. The van der Waals surface area contributed by atoms with Crippen molar-refractivity contribution in [2.24, 2.45) is 0 Å². The Balaban J connectivity index is 2.10. The van der Waals surface area contributed by atoms with E-state index in [0.29, 0.717) is 6.61 Å². The summed E-state index contributed by atoms with van der Waals surface area (Å²) in [4.78, 5) is 11.6. The Morgan fingerprint density at radius 2 is 1.92 bits per heavy atom. The van der Waals surface area contributed by atoms with Crippen molar-refractivity contribution in [1.82, 2.24) is 0 Å². The Labute approximate surface area is 143 Å². The molecule has 0 unspecified atom stereocenters. The molecule has 2 aromatic carbocycles. The predicted octanol–water partition coefficient (Wildman–Crippen LogP) is 5.03. The van der Waals surface area contributed by atoms with E-state index < -0.39 is 0 Å². The zero-order valence-electron chi connectivity index (χ0n) is 14.5. The Morgan fingerprint density at radius 1 is 1.12 bits per heavy atom. The van der Waals surface area contributed by atoms with Crippen LogP contribution in [0.3, 0.4) is 0 Å². The van der Waals surface area contributed by atoms with Gasteiger partial charge in [0, 0.05) is 6.08 Å². The zero-order valence-corrected chi connectivity index (χ0v) is 14.5. The summed E-state index contributed by atoms with van der Waals surface area (Å²) in [5.74, 6) is 0.545. The minimum atomic E-state index is -0.292. The van der Waals surface area contributed by atoms with Crippen molar-refractivity contribution < 1.29 is 14.3 Å². The first-order valence-electron chi connectivity index (χ1n) is 8.24. The molecule has 2 rings (SSSR count). The van der Waals surface area contributed by atoms with E-state index in [1.165, 1.54) is 6.08 Å². The van der Waals surface area contributed by atoms with Gasteiger partial charge in [0.15, 0.2) is 0 Å². The summed E-state index contributed by atoms with van der Waals surface area (Å²) >= 11 is 0. The molecule has 0 atom stereocenters. The third-order valence-corrected chi connectivity index (χ3v) is 3.81. The first kappa shape index (κ1) is 17.8. The lowest BCUT2D eigenvalue weighted by Gasteiger charge is -2.08. The molecule has 0 fully saturated rings. The Kier molecular flexibility index (Phi) is 6.62. The first-order valence-corrected chi connectivity index (χ1v) is 8.24. The maximum Gasteiger partial charge on any atom is 0.330 e. The van der Waals surface area contributed by atoms with Gasteiger partial charge in [-0.3, -0.25) is 0 Å². The molecule has 0 saturated heterocycles. The SMILES string of the molecule is CCCCOC(=O)/C=C/c1ccc(-c2cccc(OC)c2)cc1C. The lowest BCUT2D eigenvalue weighted by atomic mass is 9.99. The molecule has 0 spiro atoms. The molecule has 0 bridgehead atoms. The number of aryl methyl sites for hydroxylation is 1. The fourth-order valence-corrected chi connectivity index (χ4v) is 2.37. The van der Waals surface area contributed by atoms with Gasteiger partial charge in [-0.15, -0.1) is 0 Å². The minimum absolute atomic E-state index is 0.292. The summed E-state index contributed by atoms with van der Waals surface area (Å²) in [6.07, 6.45) is 5.21. The van der Waals surface area contributed by atoms with Gasteiger partial charge in [0.05, 0.1) is 13.7 Å². The number of ether oxygens (including phenoxy) is 2. The molecule has 0 amide bonds. The van der Waals surface area contributed by atoms with Crippen molar-refractivity contribution in [3.05, 3.63) is 59.7 Å². The lowest BCUT2D eigenvalue weighted by Crippen LogP contribution is -2.01. The number of hydrogen-bond acceptors (Lipinski definition) is 3. The molecule has 0 radical (unpaired) electrons. The molecular formula is C21H24O3. The number of benzene rings is 2. The van der Waals surface area contributed by atoms with Crippen molar-refractivity contribution in [3.8, 4) is 16.9 Å². The number of carbonyl (C=O) groups is 1. The fraction of sp³-hybridized carbons (Fsp3) is 0.286. The van der Waals surface area contributed by atoms with Crippen LogP contribution in [0.5, 0.6) is 5.75 Å². The Morgan fingerprint density at radius 3 is 2.62 bits per heavy atom. The standard InChI is InChI=1S/C21H24O3/c1-4-5-13-24-21(22)12-11-17-9-10-19(14-16(17)2)18-7-6-8-20(15-18)23-3/h6-12,14-15H,4-5,13H2,1-3H3/b12-11+. The van der Waals surface area contributed by atoms with Gasteiger partial charge in [-0.1, -0.05) is 43.7 Å². The van der Waals surface area contributed by atoms with Gasteiger partial charge in [-0.05, 0) is 53.8 Å². The van der Waals surface area contributed by atoms with Gasteiger partial charge >= 0.3 is 5.97 Å². The van der Waals surface area contributed by atoms with E-state index in [9.17, 15) is 4.79 Å². The number of rotatable bonds is 7. The van der Waals surface area contributed by atoms with Crippen molar-refractivity contribution in [2.45, 2.75) is 26.7 Å². The number of hydrogen-bond donors (Lipinski definition) is 0. The average Bonchev–Trinajstić information content (AvgIpc) is 2.61. The van der Waals surface area contributed by atoms with Gasteiger partial charge in [-0.2, -0.15) is 0 Å². The topological polar surface area (TPSA) is 35.5 Å². The first-order chi connectivity index (χ1) is 11.6. The molecule has 126 valence electrons. The highest BCUT2D eigenvalue weighted by molar-refractivity contribution is 5.87. The second kappa shape index (κ2) is 8.92. The molecular weight excluding hydrogens is 300 g/mol. The number of esters is 1. The predicted molar refractivity (Wildman–Crippen MR) is 98.1 cm³/mol. The Hall–Kier alpha value is -2.55. The summed E-state index contributed by atoms with van der Waals surface area (Å²) in [5.41, 5.74) is 4.34. The second-order valence-electron chi connectivity index (χ2n) is 5.66. The van der Waals surface area contributed by atoms with Crippen LogP contribution in [-0.2, 0) is 9.53 Å². The van der Waals surface area contributed by atoms with Crippen LogP contribution in [0.2, 0.25) is 0 Å². The molecule has 3 heteroatoms. The molecule has 24 heavy (non-hydrogen) atoms. The molecule has 0 aliphatic carbocycles. The van der Waals surface area contributed by atoms with Gasteiger partial charge in [0.25, 0.3) is 0 Å². The normalized spacial score (nSPS) is 10.8. The highest BCUT2D eigenvalue weighted by Crippen LogP contribution is 2.26. The van der Waals surface area contributed by atoms with Crippen LogP contribution in [-0.4, -0.2) is 19.7 Å². The highest BCUT2D eigenvalue weighted by atomic mass is 16.5. The van der Waals surface area contributed by atoms with Gasteiger partial charge in [0.1, 0.15) is 5.75 Å². The molecule has 0 N–H and O–H groups in total. The van der Waals surface area contributed by atoms with E-state index in [2.05, 4.69) is 19.1 Å². The maximum atomic E-state index is 11.6. The van der Waals surface area contributed by atoms with Gasteiger partial charge in [0.2, 0.25) is 0 Å². The largest absolute Gasteiger partial charge is 0.497 e. The number of carbonyl (C=O) groups excluding carboxylic acids is 1. The molecule has 2 aromatic rings. The second-order valence-corrected chi connectivity index (χ2v) is 5.66. The smallest absolute Gasteiger partial charge is 0.330 e. The highest BCUT2D eigenvalue weighted by Gasteiger charge is 2.03. The third-order valence-electron chi connectivity index (χ3n) is 3.81. The van der Waals surface area contributed by atoms with Crippen LogP contribution in [0.4, 0.5) is 0 Å². The van der Waals surface area contributed by atoms with Crippen LogP contribution < -0.4 is 4.74 Å². The summed E-state index contributed by atoms with van der Waals surface area (Å²) in [6.45, 7) is 4.58. The molecule has 0 saturated carbocycles. The molecule has 3 nitrogen and oxygen atoms in total. The molecule has 0 heterocycles. The quantitative estimate of drug-likeness (QED) is 0.407. The number of methoxy groups -OCH3 is 1. The number of unbranched alkanes of at least 4 members (excludes halogenated alkanes) is 1. The monoisotopic (exact) mass is 324 g/mol. The minimum Gasteiger partial charge on any atom is -0.497 e.